The molecule has 2 N–H and O–H groups in total. The largest absolute Gasteiger partial charge is 0.507 e. The van der Waals surface area contributed by atoms with Crippen molar-refractivity contribution in [2.45, 2.75) is 6.42 Å². The fourth-order valence-corrected chi connectivity index (χ4v) is 3.30. The number of nitrogens with one attached hydrogen (secondary N) is 1. The van der Waals surface area contributed by atoms with Gasteiger partial charge in [-0.15, -0.1) is 11.3 Å². The summed E-state index contributed by atoms with van der Waals surface area (Å²) in [6, 6.07) is 14.8. The van der Waals surface area contributed by atoms with Crippen LogP contribution in [0, 0.1) is 0 Å². The van der Waals surface area contributed by atoms with E-state index in [-0.39, 0.29) is 11.7 Å². The first-order chi connectivity index (χ1) is 10.3. The first kappa shape index (κ1) is 13.6. The Morgan fingerprint density at radius 2 is 1.86 bits per heavy atom. The van der Waals surface area contributed by atoms with Crippen molar-refractivity contribution < 1.29 is 9.90 Å². The van der Waals surface area contributed by atoms with Crippen LogP contribution < -0.4 is 5.32 Å². The Morgan fingerprint density at radius 3 is 2.71 bits per heavy atom. The van der Waals surface area contributed by atoms with Gasteiger partial charge in [0.1, 0.15) is 5.75 Å². The predicted octanol–water partition coefficient (Wildman–Crippen LogP) is 3.58. The summed E-state index contributed by atoms with van der Waals surface area (Å²) in [5.41, 5.74) is 1.56. The molecule has 0 aliphatic heterocycles. The molecule has 0 radical (unpaired) electrons. The van der Waals surface area contributed by atoms with Gasteiger partial charge in [-0.25, -0.2) is 0 Å². The van der Waals surface area contributed by atoms with Crippen LogP contribution in [0.15, 0.2) is 53.9 Å². The maximum absolute atomic E-state index is 12.0. The number of thiophene rings is 1. The Hall–Kier alpha value is -2.33. The molecule has 1 aromatic heterocycles. The Kier molecular flexibility index (Phi) is 3.88. The number of carbonyl (C=O) groups is 1. The van der Waals surface area contributed by atoms with Gasteiger partial charge in [-0.2, -0.15) is 0 Å². The molecule has 4 heteroatoms. The average molecular weight is 297 g/mol. The smallest absolute Gasteiger partial charge is 0.255 e. The second-order valence-electron chi connectivity index (χ2n) is 4.78. The standard InChI is InChI=1S/C17H15NO2S/c19-15-7-3-1-6-14(15)17(20)18-10-9-12-11-21-16-8-4-2-5-13(12)16/h1-8,11,19H,9-10H2,(H,18,20). The highest BCUT2D eigenvalue weighted by Crippen LogP contribution is 2.25. The number of para-hydroxylation sites is 1. The maximum Gasteiger partial charge on any atom is 0.255 e. The van der Waals surface area contributed by atoms with Crippen molar-refractivity contribution in [2.75, 3.05) is 6.54 Å². The van der Waals surface area contributed by atoms with Crippen molar-refractivity contribution in [3.05, 3.63) is 65.0 Å². The molecule has 1 amide bonds. The van der Waals surface area contributed by atoms with Gasteiger partial charge >= 0.3 is 0 Å². The lowest BCUT2D eigenvalue weighted by atomic mass is 10.1. The van der Waals surface area contributed by atoms with Gasteiger partial charge in [-0.05, 0) is 40.9 Å². The van der Waals surface area contributed by atoms with Crippen LogP contribution in [0.1, 0.15) is 15.9 Å². The second kappa shape index (κ2) is 5.97. The van der Waals surface area contributed by atoms with E-state index in [4.69, 9.17) is 0 Å². The van der Waals surface area contributed by atoms with Crippen LogP contribution in [0.3, 0.4) is 0 Å². The number of hydrogen-bond acceptors (Lipinski definition) is 3. The summed E-state index contributed by atoms with van der Waals surface area (Å²) in [7, 11) is 0. The van der Waals surface area contributed by atoms with Crippen molar-refractivity contribution >= 4 is 27.3 Å². The number of benzene rings is 2. The Balaban J connectivity index is 1.64. The summed E-state index contributed by atoms with van der Waals surface area (Å²) < 4.78 is 1.26. The van der Waals surface area contributed by atoms with Crippen molar-refractivity contribution in [3.63, 3.8) is 0 Å². The number of phenols is 1. The zero-order valence-electron chi connectivity index (χ0n) is 11.4. The first-order valence-corrected chi connectivity index (χ1v) is 7.65. The highest BCUT2D eigenvalue weighted by atomic mass is 32.1. The van der Waals surface area contributed by atoms with Crippen LogP contribution in [0.5, 0.6) is 5.75 Å². The molecule has 3 aromatic rings. The van der Waals surface area contributed by atoms with Crippen LogP contribution in [-0.2, 0) is 6.42 Å². The fraction of sp³-hybridized carbons (Fsp3) is 0.118. The highest BCUT2D eigenvalue weighted by Gasteiger charge is 2.10. The summed E-state index contributed by atoms with van der Waals surface area (Å²) in [4.78, 5) is 12.0. The lowest BCUT2D eigenvalue weighted by Crippen LogP contribution is -2.25. The first-order valence-electron chi connectivity index (χ1n) is 6.77. The lowest BCUT2D eigenvalue weighted by molar-refractivity contribution is 0.0951. The van der Waals surface area contributed by atoms with E-state index >= 15 is 0 Å². The molecule has 0 unspecified atom stereocenters. The van der Waals surface area contributed by atoms with E-state index in [1.165, 1.54) is 21.7 Å². The molecule has 0 aliphatic rings. The predicted molar refractivity (Wildman–Crippen MR) is 86.0 cm³/mol. The highest BCUT2D eigenvalue weighted by molar-refractivity contribution is 7.17. The third-order valence-corrected chi connectivity index (χ3v) is 4.40. The molecule has 2 aromatic carbocycles. The average Bonchev–Trinajstić information content (AvgIpc) is 2.91. The monoisotopic (exact) mass is 297 g/mol. The van der Waals surface area contributed by atoms with Gasteiger partial charge in [-0.1, -0.05) is 30.3 Å². The fourth-order valence-electron chi connectivity index (χ4n) is 2.30. The summed E-state index contributed by atoms with van der Waals surface area (Å²) in [6.07, 6.45) is 0.781. The number of phenolic OH excluding ortho intramolecular Hbond substituents is 1. The van der Waals surface area contributed by atoms with Gasteiger partial charge in [0.2, 0.25) is 0 Å². The number of amides is 1. The van der Waals surface area contributed by atoms with Gasteiger partial charge in [0, 0.05) is 11.2 Å². The summed E-state index contributed by atoms with van der Waals surface area (Å²) >= 11 is 1.72. The molecule has 0 saturated carbocycles. The molecule has 3 rings (SSSR count). The Labute approximate surface area is 126 Å². The van der Waals surface area contributed by atoms with Crippen LogP contribution in [0.2, 0.25) is 0 Å². The molecular weight excluding hydrogens is 282 g/mol. The van der Waals surface area contributed by atoms with Gasteiger partial charge in [-0.3, -0.25) is 4.79 Å². The third kappa shape index (κ3) is 2.90. The second-order valence-corrected chi connectivity index (χ2v) is 5.69. The molecule has 1 heterocycles. The zero-order chi connectivity index (χ0) is 14.7. The van der Waals surface area contributed by atoms with Crippen LogP contribution in [-0.4, -0.2) is 17.6 Å². The quantitative estimate of drug-likeness (QED) is 0.773. The summed E-state index contributed by atoms with van der Waals surface area (Å²) in [5, 5.41) is 15.9. The van der Waals surface area contributed by atoms with E-state index in [1.54, 1.807) is 29.5 Å². The molecule has 3 nitrogen and oxygen atoms in total. The summed E-state index contributed by atoms with van der Waals surface area (Å²) in [6.45, 7) is 0.549. The minimum Gasteiger partial charge on any atom is -0.507 e. The van der Waals surface area contributed by atoms with Crippen LogP contribution in [0.25, 0.3) is 10.1 Å². The molecule has 21 heavy (non-hydrogen) atoms. The van der Waals surface area contributed by atoms with E-state index in [0.29, 0.717) is 12.1 Å². The number of carbonyl (C=O) groups excluding carboxylic acids is 1. The molecule has 0 atom stereocenters. The van der Waals surface area contributed by atoms with Crippen molar-refractivity contribution in [3.8, 4) is 5.75 Å². The van der Waals surface area contributed by atoms with E-state index in [2.05, 4.69) is 22.8 Å². The number of hydrogen-bond donors (Lipinski definition) is 2. The minimum atomic E-state index is -0.243. The molecule has 0 spiro atoms. The van der Waals surface area contributed by atoms with Crippen molar-refractivity contribution in [1.82, 2.24) is 5.32 Å². The number of aromatic hydroxyl groups is 1. The minimum absolute atomic E-state index is 0.0102. The van der Waals surface area contributed by atoms with Gasteiger partial charge in [0.05, 0.1) is 5.56 Å². The van der Waals surface area contributed by atoms with Crippen molar-refractivity contribution in [1.29, 1.82) is 0 Å². The third-order valence-electron chi connectivity index (χ3n) is 3.39. The maximum atomic E-state index is 12.0. The van der Waals surface area contributed by atoms with E-state index in [9.17, 15) is 9.90 Å². The van der Waals surface area contributed by atoms with Crippen LogP contribution >= 0.6 is 11.3 Å². The van der Waals surface area contributed by atoms with Crippen molar-refractivity contribution in [2.24, 2.45) is 0 Å². The molecule has 0 bridgehead atoms. The SMILES string of the molecule is O=C(NCCc1csc2ccccc12)c1ccccc1O. The molecule has 0 saturated heterocycles. The van der Waals surface area contributed by atoms with E-state index in [0.717, 1.165) is 6.42 Å². The van der Waals surface area contributed by atoms with Crippen LogP contribution in [0.4, 0.5) is 0 Å². The molecular formula is C17H15NO2S. The molecule has 0 fully saturated rings. The van der Waals surface area contributed by atoms with Gasteiger partial charge in [0.15, 0.2) is 0 Å². The lowest BCUT2D eigenvalue weighted by Gasteiger charge is -2.06. The van der Waals surface area contributed by atoms with E-state index < -0.39 is 0 Å². The van der Waals surface area contributed by atoms with Gasteiger partial charge < -0.3 is 10.4 Å². The normalized spacial score (nSPS) is 10.7. The zero-order valence-corrected chi connectivity index (χ0v) is 12.2. The Bertz CT molecular complexity index is 779. The molecule has 106 valence electrons. The number of fused-ring (bicyclic) bond motifs is 1. The molecule has 0 aliphatic carbocycles. The Morgan fingerprint density at radius 1 is 1.10 bits per heavy atom. The van der Waals surface area contributed by atoms with E-state index in [1.807, 2.05) is 12.1 Å². The number of rotatable bonds is 4. The van der Waals surface area contributed by atoms with Gasteiger partial charge in [0.25, 0.3) is 5.91 Å². The summed E-state index contributed by atoms with van der Waals surface area (Å²) in [5.74, 6) is -0.233. The topological polar surface area (TPSA) is 49.3 Å².